The van der Waals surface area contributed by atoms with Crippen molar-refractivity contribution in [1.82, 2.24) is 15.1 Å². The van der Waals surface area contributed by atoms with Gasteiger partial charge in [0.25, 0.3) is 23.6 Å². The Labute approximate surface area is 341 Å². The average molecular weight is 820 g/mol. The fourth-order valence-electron chi connectivity index (χ4n) is 6.16. The third-order valence-electron chi connectivity index (χ3n) is 8.75. The van der Waals surface area contributed by atoms with E-state index in [-0.39, 0.29) is 49.7 Å². The van der Waals surface area contributed by atoms with Gasteiger partial charge in [-0.05, 0) is 93.3 Å². The van der Waals surface area contributed by atoms with E-state index in [9.17, 15) is 33.6 Å². The molecule has 14 nitrogen and oxygen atoms in total. The van der Waals surface area contributed by atoms with Gasteiger partial charge in [0.05, 0.1) is 34.8 Å². The number of amides is 7. The molecule has 57 heavy (non-hydrogen) atoms. The largest absolute Gasteiger partial charge is 0.444 e. The molecule has 2 atom stereocenters. The quantitative estimate of drug-likeness (QED) is 0.158. The number of hydrogen-bond donors (Lipinski definition) is 4. The van der Waals surface area contributed by atoms with Crippen molar-refractivity contribution < 1.29 is 38.3 Å². The minimum atomic E-state index is -0.701. The molecule has 2 aliphatic heterocycles. The molecule has 7 N–H and O–H groups in total. The van der Waals surface area contributed by atoms with Gasteiger partial charge < -0.3 is 27.3 Å². The smallest absolute Gasteiger partial charge is 0.407 e. The van der Waals surface area contributed by atoms with Crippen LogP contribution >= 0.6 is 24.8 Å². The normalized spacial score (nSPS) is 13.9. The monoisotopic (exact) mass is 818 g/mol. The van der Waals surface area contributed by atoms with Crippen molar-refractivity contribution in [3.63, 3.8) is 0 Å². The van der Waals surface area contributed by atoms with E-state index in [0.717, 1.165) is 16.0 Å². The van der Waals surface area contributed by atoms with Crippen LogP contribution in [-0.4, -0.2) is 82.1 Å². The van der Waals surface area contributed by atoms with Crippen LogP contribution in [-0.2, 0) is 17.6 Å². The number of nitrogens with two attached hydrogens (primary N) is 3. The number of ether oxygens (including phenoxy) is 1. The number of carbonyl (C=O) groups excluding carboxylic acids is 7. The summed E-state index contributed by atoms with van der Waals surface area (Å²) in [5.41, 5.74) is 19.9. The molecule has 7 amide bonds. The Kier molecular flexibility index (Phi) is 15.2. The first-order valence-electron chi connectivity index (χ1n) is 17.5. The first-order chi connectivity index (χ1) is 26.0. The Morgan fingerprint density at radius 2 is 0.947 bits per heavy atom. The number of nitrogens with one attached hydrogen (secondary N) is 1. The standard InChI is InChI=1S/C23H25N3O5.C18H17N3O3.2ClH/c1-23(2,3)31-22(30)25-16(12-14-8-10-15(11-9-14)19(24)27)13-26-20(28)17-6-4-5-7-18(17)21(26)29;19-13(9-11-5-7-12(8-6-11)16(20)22)10-21-17(23)14-3-1-2-4-15(14)18(21)24;;/h4-11,16H,12-13H2,1-3H3,(H2,24,27)(H,25,30);1-8,13H,9-10,19H2,(H2,20,22);2*1H. The molecule has 2 heterocycles. The number of imide groups is 2. The van der Waals surface area contributed by atoms with Gasteiger partial charge in [-0.3, -0.25) is 38.6 Å². The van der Waals surface area contributed by atoms with Crippen LogP contribution in [0, 0.1) is 0 Å². The van der Waals surface area contributed by atoms with Crippen molar-refractivity contribution in [3.8, 4) is 0 Å². The van der Waals surface area contributed by atoms with Gasteiger partial charge in [0, 0.05) is 23.7 Å². The summed E-state index contributed by atoms with van der Waals surface area (Å²) >= 11 is 0. The molecule has 2 aliphatic rings. The lowest BCUT2D eigenvalue weighted by atomic mass is 10.0. The number of halogens is 2. The summed E-state index contributed by atoms with van der Waals surface area (Å²) in [7, 11) is 0. The highest BCUT2D eigenvalue weighted by molar-refractivity contribution is 6.22. The number of benzene rings is 4. The van der Waals surface area contributed by atoms with Crippen molar-refractivity contribution in [2.75, 3.05) is 13.1 Å². The van der Waals surface area contributed by atoms with Gasteiger partial charge >= 0.3 is 6.09 Å². The van der Waals surface area contributed by atoms with Gasteiger partial charge in [-0.15, -0.1) is 24.8 Å². The molecule has 0 aromatic heterocycles. The summed E-state index contributed by atoms with van der Waals surface area (Å²) in [5.74, 6) is -2.45. The Morgan fingerprint density at radius 3 is 1.30 bits per heavy atom. The SMILES string of the molecule is CC(C)(C)OC(=O)NC(Cc1ccc(C(N)=O)cc1)CN1C(=O)c2ccccc2C1=O.Cl.Cl.NC(=O)c1ccc(CC(N)CN2C(=O)c3ccccc3C2=O)cc1. The molecule has 0 saturated heterocycles. The van der Waals surface area contributed by atoms with E-state index in [2.05, 4.69) is 5.32 Å². The molecule has 2 unspecified atom stereocenters. The zero-order valence-corrected chi connectivity index (χ0v) is 33.1. The second-order valence-corrected chi connectivity index (χ2v) is 14.2. The minimum Gasteiger partial charge on any atom is -0.444 e. The van der Waals surface area contributed by atoms with E-state index in [1.54, 1.807) is 118 Å². The number of nitrogens with zero attached hydrogens (tertiary/aromatic N) is 2. The van der Waals surface area contributed by atoms with E-state index < -0.39 is 47.4 Å². The van der Waals surface area contributed by atoms with Crippen LogP contribution in [0.15, 0.2) is 97.1 Å². The maximum atomic E-state index is 12.7. The van der Waals surface area contributed by atoms with Gasteiger partial charge in [0.2, 0.25) is 11.8 Å². The van der Waals surface area contributed by atoms with E-state index in [1.807, 2.05) is 0 Å². The Morgan fingerprint density at radius 1 is 0.596 bits per heavy atom. The van der Waals surface area contributed by atoms with Crippen LogP contribution in [0.2, 0.25) is 0 Å². The van der Waals surface area contributed by atoms with Crippen molar-refractivity contribution in [2.24, 2.45) is 17.2 Å². The molecule has 6 rings (SSSR count). The van der Waals surface area contributed by atoms with Crippen molar-refractivity contribution in [3.05, 3.63) is 142 Å². The van der Waals surface area contributed by atoms with Crippen LogP contribution in [0.5, 0.6) is 0 Å². The number of alkyl carbamates (subject to hydrolysis) is 1. The highest BCUT2D eigenvalue weighted by Gasteiger charge is 2.37. The lowest BCUT2D eigenvalue weighted by molar-refractivity contribution is 0.0468. The predicted octanol–water partition coefficient (Wildman–Crippen LogP) is 4.31. The summed E-state index contributed by atoms with van der Waals surface area (Å²) in [6.07, 6.45) is 0.140. The summed E-state index contributed by atoms with van der Waals surface area (Å²) in [6.45, 7) is 5.35. The first kappa shape index (κ1) is 45.3. The van der Waals surface area contributed by atoms with Crippen LogP contribution in [0.3, 0.4) is 0 Å². The number of fused-ring (bicyclic) bond motifs is 2. The lowest BCUT2D eigenvalue weighted by Gasteiger charge is -2.26. The van der Waals surface area contributed by atoms with Crippen LogP contribution < -0.4 is 22.5 Å². The molecule has 4 aromatic rings. The zero-order valence-electron chi connectivity index (χ0n) is 31.4. The highest BCUT2D eigenvalue weighted by atomic mass is 35.5. The molecule has 0 bridgehead atoms. The van der Waals surface area contributed by atoms with E-state index in [0.29, 0.717) is 46.2 Å². The molecule has 0 saturated carbocycles. The van der Waals surface area contributed by atoms with E-state index in [4.69, 9.17) is 21.9 Å². The first-order valence-corrected chi connectivity index (χ1v) is 17.5. The summed E-state index contributed by atoms with van der Waals surface area (Å²) in [6, 6.07) is 25.8. The molecule has 0 radical (unpaired) electrons. The zero-order chi connectivity index (χ0) is 40.0. The Balaban J connectivity index is 0.000000303. The minimum absolute atomic E-state index is 0. The van der Waals surface area contributed by atoms with Gasteiger partial charge in [-0.25, -0.2) is 4.79 Å². The Hall–Kier alpha value is -6.09. The molecule has 0 fully saturated rings. The molecular formula is C41H44Cl2N6O8. The van der Waals surface area contributed by atoms with Crippen LogP contribution in [0.4, 0.5) is 4.79 Å². The molecule has 0 aliphatic carbocycles. The average Bonchev–Trinajstić information content (AvgIpc) is 3.51. The van der Waals surface area contributed by atoms with Crippen molar-refractivity contribution in [1.29, 1.82) is 0 Å². The summed E-state index contributed by atoms with van der Waals surface area (Å²) in [4.78, 5) is 87.1. The summed E-state index contributed by atoms with van der Waals surface area (Å²) in [5, 5.41) is 2.76. The molecule has 0 spiro atoms. The fraction of sp³-hybridized carbons (Fsp3) is 0.244. The summed E-state index contributed by atoms with van der Waals surface area (Å²) < 4.78 is 5.34. The number of carbonyl (C=O) groups is 7. The predicted molar refractivity (Wildman–Crippen MR) is 217 cm³/mol. The van der Waals surface area contributed by atoms with Crippen molar-refractivity contribution in [2.45, 2.75) is 51.3 Å². The van der Waals surface area contributed by atoms with E-state index in [1.165, 1.54) is 4.90 Å². The topological polar surface area (TPSA) is 225 Å². The lowest BCUT2D eigenvalue weighted by Crippen LogP contribution is -2.48. The van der Waals surface area contributed by atoms with Crippen LogP contribution in [0.25, 0.3) is 0 Å². The highest BCUT2D eigenvalue weighted by Crippen LogP contribution is 2.24. The third-order valence-corrected chi connectivity index (χ3v) is 8.75. The fourth-order valence-corrected chi connectivity index (χ4v) is 6.16. The second-order valence-electron chi connectivity index (χ2n) is 14.2. The van der Waals surface area contributed by atoms with Crippen LogP contribution in [0.1, 0.15) is 94.0 Å². The molecular weight excluding hydrogens is 775 g/mol. The number of primary amides is 2. The Bertz CT molecular complexity index is 2090. The molecule has 300 valence electrons. The number of rotatable bonds is 11. The number of hydrogen-bond acceptors (Lipinski definition) is 9. The van der Waals surface area contributed by atoms with Gasteiger partial charge in [-0.2, -0.15) is 0 Å². The van der Waals surface area contributed by atoms with Gasteiger partial charge in [-0.1, -0.05) is 48.5 Å². The maximum absolute atomic E-state index is 12.7. The second kappa shape index (κ2) is 19.2. The molecule has 4 aromatic carbocycles. The molecule has 16 heteroatoms. The van der Waals surface area contributed by atoms with Crippen molar-refractivity contribution >= 4 is 66.4 Å². The van der Waals surface area contributed by atoms with Gasteiger partial charge in [0.15, 0.2) is 0 Å². The maximum Gasteiger partial charge on any atom is 0.407 e. The van der Waals surface area contributed by atoms with Gasteiger partial charge in [0.1, 0.15) is 5.60 Å². The third kappa shape index (κ3) is 11.3. The van der Waals surface area contributed by atoms with E-state index >= 15 is 0 Å².